The topological polar surface area (TPSA) is 84.3 Å². The van der Waals surface area contributed by atoms with Gasteiger partial charge in [-0.05, 0) is 44.6 Å². The number of hydrogen-bond acceptors (Lipinski definition) is 5. The second-order valence-electron chi connectivity index (χ2n) is 6.45. The van der Waals surface area contributed by atoms with E-state index in [1.807, 2.05) is 0 Å². The van der Waals surface area contributed by atoms with Gasteiger partial charge in [0, 0.05) is 24.7 Å². The van der Waals surface area contributed by atoms with Crippen molar-refractivity contribution < 1.29 is 14.6 Å². The number of aliphatic hydroxyl groups is 1. The molecule has 1 unspecified atom stereocenters. The highest BCUT2D eigenvalue weighted by Crippen LogP contribution is 2.45. The molecule has 1 atom stereocenters. The van der Waals surface area contributed by atoms with Crippen LogP contribution < -0.4 is 5.32 Å². The molecule has 2 aliphatic rings. The van der Waals surface area contributed by atoms with E-state index in [0.29, 0.717) is 30.4 Å². The molecule has 1 aromatic heterocycles. The molecule has 0 spiro atoms. The number of nitrogens with one attached hydrogen (secondary N) is 1. The summed E-state index contributed by atoms with van der Waals surface area (Å²) in [5.74, 6) is 0.341. The van der Waals surface area contributed by atoms with Gasteiger partial charge in [0.05, 0.1) is 24.1 Å². The van der Waals surface area contributed by atoms with Gasteiger partial charge in [-0.1, -0.05) is 0 Å². The molecule has 1 aliphatic heterocycles. The first kappa shape index (κ1) is 15.4. The lowest BCUT2D eigenvalue weighted by Crippen LogP contribution is -2.53. The maximum Gasteiger partial charge on any atom is 0.253 e. The Morgan fingerprint density at radius 2 is 2.23 bits per heavy atom. The maximum atomic E-state index is 12.6. The minimum absolute atomic E-state index is 0.00136. The minimum atomic E-state index is -0.260. The van der Waals surface area contributed by atoms with Crippen molar-refractivity contribution in [2.24, 2.45) is 11.3 Å². The van der Waals surface area contributed by atoms with E-state index >= 15 is 0 Å². The molecule has 3 rings (SSSR count). The lowest BCUT2D eigenvalue weighted by molar-refractivity contribution is -0.0403. The number of aryl methyl sites for hydroxylation is 1. The van der Waals surface area contributed by atoms with Gasteiger partial charge >= 0.3 is 0 Å². The second-order valence-corrected chi connectivity index (χ2v) is 6.45. The van der Waals surface area contributed by atoms with Crippen LogP contribution in [0.2, 0.25) is 0 Å². The normalized spacial score (nSPS) is 22.1. The molecule has 1 aliphatic carbocycles. The zero-order valence-corrected chi connectivity index (χ0v) is 12.9. The highest BCUT2D eigenvalue weighted by molar-refractivity contribution is 5.95. The van der Waals surface area contributed by atoms with Gasteiger partial charge in [0.15, 0.2) is 0 Å². The zero-order valence-electron chi connectivity index (χ0n) is 12.9. The van der Waals surface area contributed by atoms with E-state index in [-0.39, 0.29) is 24.0 Å². The molecule has 2 N–H and O–H groups in total. The summed E-state index contributed by atoms with van der Waals surface area (Å²) in [4.78, 5) is 12.6. The van der Waals surface area contributed by atoms with Crippen LogP contribution in [0.1, 0.15) is 41.7 Å². The standard InChI is InChI=1S/C16H23N3O3/c1-11-13(4-7-17-19-11)15(21)18-14(12-2-3-12)16(10-20)5-8-22-9-6-16/h4,7,12,14,20H,2-3,5-6,8-10H2,1H3,(H,18,21). The first-order valence-electron chi connectivity index (χ1n) is 7.94. The van der Waals surface area contributed by atoms with Crippen molar-refractivity contribution in [3.8, 4) is 0 Å². The summed E-state index contributed by atoms with van der Waals surface area (Å²) in [6.07, 6.45) is 5.34. The van der Waals surface area contributed by atoms with Crippen LogP contribution in [0.25, 0.3) is 0 Å². The van der Waals surface area contributed by atoms with Crippen LogP contribution in [0, 0.1) is 18.3 Å². The minimum Gasteiger partial charge on any atom is -0.396 e. The van der Waals surface area contributed by atoms with Crippen LogP contribution in [0.15, 0.2) is 12.3 Å². The number of rotatable bonds is 5. The fraction of sp³-hybridized carbons (Fsp3) is 0.688. The van der Waals surface area contributed by atoms with E-state index in [1.165, 1.54) is 6.20 Å². The van der Waals surface area contributed by atoms with E-state index in [1.54, 1.807) is 13.0 Å². The smallest absolute Gasteiger partial charge is 0.253 e. The van der Waals surface area contributed by atoms with Gasteiger partial charge in [-0.15, -0.1) is 0 Å². The first-order valence-corrected chi connectivity index (χ1v) is 7.94. The fourth-order valence-electron chi connectivity index (χ4n) is 3.41. The Hall–Kier alpha value is -1.53. The van der Waals surface area contributed by atoms with Gasteiger partial charge < -0.3 is 15.2 Å². The van der Waals surface area contributed by atoms with Crippen LogP contribution in [-0.2, 0) is 4.74 Å². The summed E-state index contributed by atoms with van der Waals surface area (Å²) in [6, 6.07) is 1.69. The summed E-state index contributed by atoms with van der Waals surface area (Å²) in [5, 5.41) is 20.9. The highest BCUT2D eigenvalue weighted by atomic mass is 16.5. The summed E-state index contributed by atoms with van der Waals surface area (Å²) in [5.41, 5.74) is 0.920. The van der Waals surface area contributed by atoms with Crippen LogP contribution in [0.3, 0.4) is 0 Å². The molecular formula is C16H23N3O3. The predicted octanol–water partition coefficient (Wildman–Crippen LogP) is 1.08. The average Bonchev–Trinajstić information content (AvgIpc) is 3.38. The van der Waals surface area contributed by atoms with E-state index in [2.05, 4.69) is 15.5 Å². The van der Waals surface area contributed by atoms with E-state index in [9.17, 15) is 9.90 Å². The lowest BCUT2D eigenvalue weighted by Gasteiger charge is -2.42. The Morgan fingerprint density at radius 1 is 1.50 bits per heavy atom. The molecule has 1 aromatic rings. The molecule has 1 saturated carbocycles. The third-order valence-corrected chi connectivity index (χ3v) is 4.99. The molecule has 0 bridgehead atoms. The molecule has 0 radical (unpaired) electrons. The molecule has 6 heteroatoms. The molecule has 0 aromatic carbocycles. The van der Waals surface area contributed by atoms with Crippen molar-refractivity contribution in [3.05, 3.63) is 23.5 Å². The first-order chi connectivity index (χ1) is 10.7. The van der Waals surface area contributed by atoms with E-state index < -0.39 is 0 Å². The second kappa shape index (κ2) is 6.30. The van der Waals surface area contributed by atoms with Crippen molar-refractivity contribution >= 4 is 5.91 Å². The number of aliphatic hydroxyl groups excluding tert-OH is 1. The Balaban J connectivity index is 1.80. The summed E-state index contributed by atoms with van der Waals surface area (Å²) < 4.78 is 5.44. The van der Waals surface area contributed by atoms with Gasteiger partial charge in [-0.3, -0.25) is 4.79 Å². The quantitative estimate of drug-likeness (QED) is 0.850. The fourth-order valence-corrected chi connectivity index (χ4v) is 3.41. The van der Waals surface area contributed by atoms with Crippen LogP contribution >= 0.6 is 0 Å². The third kappa shape index (κ3) is 2.98. The molecule has 1 amide bonds. The van der Waals surface area contributed by atoms with E-state index in [0.717, 1.165) is 25.7 Å². The summed E-state index contributed by atoms with van der Waals surface area (Å²) >= 11 is 0. The molecule has 6 nitrogen and oxygen atoms in total. The van der Waals surface area contributed by atoms with Gasteiger partial charge in [0.1, 0.15) is 0 Å². The van der Waals surface area contributed by atoms with Crippen LogP contribution in [0.4, 0.5) is 0 Å². The molecule has 1 saturated heterocycles. The van der Waals surface area contributed by atoms with Crippen LogP contribution in [-0.4, -0.2) is 47.1 Å². The molecule has 2 fully saturated rings. The number of ether oxygens (including phenoxy) is 1. The summed E-state index contributed by atoms with van der Waals surface area (Å²) in [6.45, 7) is 3.17. The predicted molar refractivity (Wildman–Crippen MR) is 80.3 cm³/mol. The summed E-state index contributed by atoms with van der Waals surface area (Å²) in [7, 11) is 0. The number of nitrogens with zero attached hydrogens (tertiary/aromatic N) is 2. The number of amides is 1. The molecule has 120 valence electrons. The van der Waals surface area contributed by atoms with E-state index in [4.69, 9.17) is 4.74 Å². The Bertz CT molecular complexity index is 539. The lowest BCUT2D eigenvalue weighted by atomic mass is 9.72. The van der Waals surface area contributed by atoms with Gasteiger partial charge in [-0.25, -0.2) is 0 Å². The van der Waals surface area contributed by atoms with Crippen molar-refractivity contribution in [1.29, 1.82) is 0 Å². The Kier molecular flexibility index (Phi) is 4.40. The Morgan fingerprint density at radius 3 is 2.82 bits per heavy atom. The van der Waals surface area contributed by atoms with Crippen molar-refractivity contribution in [3.63, 3.8) is 0 Å². The number of hydrogen-bond donors (Lipinski definition) is 2. The number of aromatic nitrogens is 2. The van der Waals surface area contributed by atoms with Gasteiger partial charge in [0.2, 0.25) is 0 Å². The molecule has 22 heavy (non-hydrogen) atoms. The molecular weight excluding hydrogens is 282 g/mol. The van der Waals surface area contributed by atoms with Crippen molar-refractivity contribution in [2.75, 3.05) is 19.8 Å². The maximum absolute atomic E-state index is 12.6. The number of carbonyl (C=O) groups excluding carboxylic acids is 1. The van der Waals surface area contributed by atoms with Crippen molar-refractivity contribution in [1.82, 2.24) is 15.5 Å². The zero-order chi connectivity index (χ0) is 15.6. The molecule has 2 heterocycles. The Labute approximate surface area is 130 Å². The number of carbonyl (C=O) groups is 1. The SMILES string of the molecule is Cc1nnccc1C(=O)NC(C1CC1)C1(CO)CCOCC1. The highest BCUT2D eigenvalue weighted by Gasteiger charge is 2.48. The largest absolute Gasteiger partial charge is 0.396 e. The monoisotopic (exact) mass is 305 g/mol. The third-order valence-electron chi connectivity index (χ3n) is 4.99. The average molecular weight is 305 g/mol. The van der Waals surface area contributed by atoms with Gasteiger partial charge in [-0.2, -0.15) is 10.2 Å². The van der Waals surface area contributed by atoms with Crippen LogP contribution in [0.5, 0.6) is 0 Å². The van der Waals surface area contributed by atoms with Crippen molar-refractivity contribution in [2.45, 2.75) is 38.6 Å². The van der Waals surface area contributed by atoms with Gasteiger partial charge in [0.25, 0.3) is 5.91 Å².